The molecular formula is C22H30N6O2S. The van der Waals surface area contributed by atoms with Crippen LogP contribution < -0.4 is 5.32 Å². The number of anilines is 1. The molecule has 2 aromatic rings. The number of thiophene rings is 1. The molecule has 3 atom stereocenters. The lowest BCUT2D eigenvalue weighted by molar-refractivity contribution is -0.139. The van der Waals surface area contributed by atoms with E-state index in [1.54, 1.807) is 12.4 Å². The Labute approximate surface area is 186 Å². The Morgan fingerprint density at radius 1 is 1.10 bits per heavy atom. The van der Waals surface area contributed by atoms with E-state index in [0.717, 1.165) is 74.4 Å². The van der Waals surface area contributed by atoms with Crippen LogP contribution in [0.25, 0.3) is 10.3 Å². The van der Waals surface area contributed by atoms with E-state index in [-0.39, 0.29) is 23.8 Å². The number of amides is 2. The van der Waals surface area contributed by atoms with Crippen LogP contribution in [0.3, 0.4) is 0 Å². The van der Waals surface area contributed by atoms with Crippen molar-refractivity contribution in [1.29, 1.82) is 0 Å². The van der Waals surface area contributed by atoms with Crippen molar-refractivity contribution in [3.63, 3.8) is 0 Å². The number of hydrogen-bond acceptors (Lipinski definition) is 7. The molecule has 8 nitrogen and oxygen atoms in total. The molecule has 1 N–H and O–H groups in total. The minimum absolute atomic E-state index is 0.00701. The number of piperazine rings is 1. The highest BCUT2D eigenvalue weighted by Gasteiger charge is 2.47. The molecule has 9 heteroatoms. The minimum Gasteiger partial charge on any atom is -0.336 e. The molecule has 5 rings (SSSR count). The molecule has 0 aliphatic carbocycles. The Bertz CT molecular complexity index is 956. The van der Waals surface area contributed by atoms with Gasteiger partial charge in [0.15, 0.2) is 0 Å². The average Bonchev–Trinajstić information content (AvgIpc) is 3.32. The van der Waals surface area contributed by atoms with Gasteiger partial charge < -0.3 is 20.0 Å². The highest BCUT2D eigenvalue weighted by atomic mass is 32.1. The topological polar surface area (TPSA) is 81.7 Å². The molecule has 0 unspecified atom stereocenters. The van der Waals surface area contributed by atoms with Gasteiger partial charge >= 0.3 is 0 Å². The molecule has 0 aromatic carbocycles. The summed E-state index contributed by atoms with van der Waals surface area (Å²) in [5.41, 5.74) is 1.47. The van der Waals surface area contributed by atoms with E-state index in [0.29, 0.717) is 12.5 Å². The van der Waals surface area contributed by atoms with Crippen LogP contribution in [0.2, 0.25) is 0 Å². The summed E-state index contributed by atoms with van der Waals surface area (Å²) in [6.45, 7) is 5.00. The van der Waals surface area contributed by atoms with Crippen LogP contribution in [-0.2, 0) is 9.59 Å². The second-order valence-corrected chi connectivity index (χ2v) is 9.89. The van der Waals surface area contributed by atoms with Crippen molar-refractivity contribution in [2.24, 2.45) is 5.92 Å². The Balaban J connectivity index is 1.23. The number of fused-ring (bicyclic) bond motifs is 3. The van der Waals surface area contributed by atoms with Gasteiger partial charge in [-0.15, -0.1) is 11.3 Å². The van der Waals surface area contributed by atoms with Crippen LogP contribution in [0.1, 0.15) is 32.1 Å². The van der Waals surface area contributed by atoms with Crippen LogP contribution in [0.5, 0.6) is 0 Å². The van der Waals surface area contributed by atoms with Crippen molar-refractivity contribution >= 4 is 39.2 Å². The van der Waals surface area contributed by atoms with Crippen LogP contribution in [0, 0.1) is 5.92 Å². The number of nitrogens with one attached hydrogen (secondary N) is 1. The maximum Gasteiger partial charge on any atom is 0.229 e. The SMILES string of the molecule is CN1CCN(CCC(=O)N2[C@H]3CC[C@H](C(=O)Nc4csc5nccnc45)[C@H]2CC3)CC1. The molecule has 0 saturated carbocycles. The molecule has 3 saturated heterocycles. The number of likely N-dealkylation sites (N-methyl/N-ethyl adjacent to an activating group) is 1. The van der Waals surface area contributed by atoms with Gasteiger partial charge in [-0.1, -0.05) is 0 Å². The standard InChI is InChI=1S/C22H30N6O2S/c1-26-10-12-27(13-11-26)9-6-19(29)28-15-2-4-16(18(28)5-3-15)21(30)25-17-14-31-22-20(17)23-7-8-24-22/h7-8,14-16,18H,2-6,9-13H2,1H3,(H,25,30)/t15-,16-,18+/m0/s1. The number of aromatic nitrogens is 2. The second kappa shape index (κ2) is 8.80. The van der Waals surface area contributed by atoms with Crippen LogP contribution in [0.15, 0.2) is 17.8 Å². The van der Waals surface area contributed by atoms with Gasteiger partial charge in [0.25, 0.3) is 0 Å². The van der Waals surface area contributed by atoms with Crippen molar-refractivity contribution in [2.75, 3.05) is 45.1 Å². The van der Waals surface area contributed by atoms with Gasteiger partial charge in [0.05, 0.1) is 11.6 Å². The molecular weight excluding hydrogens is 412 g/mol. The van der Waals surface area contributed by atoms with Crippen molar-refractivity contribution in [1.82, 2.24) is 24.7 Å². The molecule has 2 amide bonds. The van der Waals surface area contributed by atoms with E-state index in [9.17, 15) is 9.59 Å². The molecule has 3 aliphatic heterocycles. The first-order chi connectivity index (χ1) is 15.1. The average molecular weight is 443 g/mol. The summed E-state index contributed by atoms with van der Waals surface area (Å²) >= 11 is 1.48. The molecule has 0 spiro atoms. The number of piperidine rings is 1. The molecule has 2 aromatic heterocycles. The maximum absolute atomic E-state index is 13.2. The van der Waals surface area contributed by atoms with Crippen molar-refractivity contribution < 1.29 is 9.59 Å². The lowest BCUT2D eigenvalue weighted by atomic mass is 9.89. The maximum atomic E-state index is 13.2. The van der Waals surface area contributed by atoms with E-state index in [1.807, 2.05) is 5.38 Å². The van der Waals surface area contributed by atoms with Gasteiger partial charge in [-0.25, -0.2) is 9.97 Å². The molecule has 2 bridgehead atoms. The van der Waals surface area contributed by atoms with E-state index in [4.69, 9.17) is 0 Å². The molecule has 0 radical (unpaired) electrons. The Morgan fingerprint density at radius 3 is 2.71 bits per heavy atom. The van der Waals surface area contributed by atoms with Crippen molar-refractivity contribution in [2.45, 2.75) is 44.2 Å². The Kier molecular flexibility index (Phi) is 5.90. The minimum atomic E-state index is -0.155. The van der Waals surface area contributed by atoms with E-state index >= 15 is 0 Å². The third-order valence-electron chi connectivity index (χ3n) is 7.15. The predicted octanol–water partition coefficient (Wildman–Crippen LogP) is 2.04. The fraction of sp³-hybridized carbons (Fsp3) is 0.636. The quantitative estimate of drug-likeness (QED) is 0.763. The van der Waals surface area contributed by atoms with Crippen molar-refractivity contribution in [3.05, 3.63) is 17.8 Å². The number of nitrogens with zero attached hydrogens (tertiary/aromatic N) is 5. The first-order valence-electron chi connectivity index (χ1n) is 11.3. The number of carbonyl (C=O) groups excluding carboxylic acids is 2. The molecule has 3 aliphatic rings. The summed E-state index contributed by atoms with van der Waals surface area (Å²) in [5.74, 6) is 0.0707. The van der Waals surface area contributed by atoms with E-state index < -0.39 is 0 Å². The van der Waals surface area contributed by atoms with Gasteiger partial charge in [-0.2, -0.15) is 0 Å². The zero-order chi connectivity index (χ0) is 21.4. The third kappa shape index (κ3) is 4.18. The first-order valence-corrected chi connectivity index (χ1v) is 12.2. The van der Waals surface area contributed by atoms with Gasteiger partial charge in [-0.3, -0.25) is 9.59 Å². The summed E-state index contributed by atoms with van der Waals surface area (Å²) in [6, 6.07) is 0.330. The molecule has 3 fully saturated rings. The zero-order valence-corrected chi connectivity index (χ0v) is 18.8. The lowest BCUT2D eigenvalue weighted by Gasteiger charge is -2.40. The van der Waals surface area contributed by atoms with Crippen molar-refractivity contribution in [3.8, 4) is 0 Å². The number of carbonyl (C=O) groups is 2. The second-order valence-electron chi connectivity index (χ2n) is 9.03. The summed E-state index contributed by atoms with van der Waals surface area (Å²) in [4.78, 5) is 42.6. The van der Waals surface area contributed by atoms with Crippen LogP contribution in [-0.4, -0.2) is 88.3 Å². The first kappa shape index (κ1) is 20.8. The Hall–Kier alpha value is -2.10. The summed E-state index contributed by atoms with van der Waals surface area (Å²) in [6.07, 6.45) is 7.56. The highest BCUT2D eigenvalue weighted by molar-refractivity contribution is 7.17. The highest BCUT2D eigenvalue weighted by Crippen LogP contribution is 2.40. The van der Waals surface area contributed by atoms with Gasteiger partial charge in [0, 0.05) is 69.0 Å². The normalized spacial score (nSPS) is 27.0. The smallest absolute Gasteiger partial charge is 0.229 e. The lowest BCUT2D eigenvalue weighted by Crippen LogP contribution is -2.52. The third-order valence-corrected chi connectivity index (χ3v) is 8.03. The van der Waals surface area contributed by atoms with Gasteiger partial charge in [-0.05, 0) is 32.7 Å². The van der Waals surface area contributed by atoms with Gasteiger partial charge in [0.2, 0.25) is 11.8 Å². The fourth-order valence-electron chi connectivity index (χ4n) is 5.38. The zero-order valence-electron chi connectivity index (χ0n) is 18.0. The molecule has 5 heterocycles. The Morgan fingerprint density at radius 2 is 1.87 bits per heavy atom. The number of hydrogen-bond donors (Lipinski definition) is 1. The van der Waals surface area contributed by atoms with E-state index in [2.05, 4.69) is 37.0 Å². The largest absolute Gasteiger partial charge is 0.336 e. The molecule has 166 valence electrons. The van der Waals surface area contributed by atoms with Gasteiger partial charge in [0.1, 0.15) is 10.3 Å². The summed E-state index contributed by atoms with van der Waals surface area (Å²) in [7, 11) is 2.14. The molecule has 31 heavy (non-hydrogen) atoms. The predicted molar refractivity (Wildman–Crippen MR) is 121 cm³/mol. The van der Waals surface area contributed by atoms with E-state index in [1.165, 1.54) is 11.3 Å². The van der Waals surface area contributed by atoms with Crippen LogP contribution >= 0.6 is 11.3 Å². The summed E-state index contributed by atoms with van der Waals surface area (Å²) < 4.78 is 0. The van der Waals surface area contributed by atoms with Crippen LogP contribution in [0.4, 0.5) is 5.69 Å². The number of rotatable bonds is 5. The fourth-order valence-corrected chi connectivity index (χ4v) is 6.18. The monoisotopic (exact) mass is 442 g/mol. The summed E-state index contributed by atoms with van der Waals surface area (Å²) in [5, 5.41) is 4.99.